The number of rotatable bonds is 6. The number of hydrogen-bond acceptors (Lipinski definition) is 5. The minimum atomic E-state index is -0.772. The molecule has 2 aliphatic carbocycles. The van der Waals surface area contributed by atoms with E-state index in [9.17, 15) is 9.90 Å². The normalized spacial score (nSPS) is 29.8. The molecule has 4 fully saturated rings. The monoisotopic (exact) mass is 535 g/mol. The average Bonchev–Trinajstić information content (AvgIpc) is 3.20. The van der Waals surface area contributed by atoms with Crippen LogP contribution in [0.5, 0.6) is 0 Å². The summed E-state index contributed by atoms with van der Waals surface area (Å²) in [6, 6.07) is 10.7. The number of nitrogens with zero attached hydrogens (tertiary/aromatic N) is 6. The largest absolute Gasteiger partial charge is 0.388 e. The molecule has 39 heavy (non-hydrogen) atoms. The van der Waals surface area contributed by atoms with Crippen LogP contribution in [-0.4, -0.2) is 108 Å². The molecule has 4 aliphatic rings. The van der Waals surface area contributed by atoms with Crippen LogP contribution in [0.1, 0.15) is 57.4 Å². The topological polar surface area (TPSA) is 87.0 Å². The van der Waals surface area contributed by atoms with Crippen molar-refractivity contribution in [1.82, 2.24) is 24.9 Å². The minimum absolute atomic E-state index is 0.0216. The molecule has 0 aromatic heterocycles. The van der Waals surface area contributed by atoms with Crippen LogP contribution in [0.4, 0.5) is 4.79 Å². The molecule has 2 heterocycles. The lowest BCUT2D eigenvalue weighted by molar-refractivity contribution is -0.0725. The third-order valence-electron chi connectivity index (χ3n) is 9.73. The third kappa shape index (κ3) is 5.24. The highest BCUT2D eigenvalue weighted by Crippen LogP contribution is 2.50. The van der Waals surface area contributed by atoms with E-state index < -0.39 is 5.60 Å². The summed E-state index contributed by atoms with van der Waals surface area (Å²) in [5.74, 6) is 0.592. The Morgan fingerprint density at radius 3 is 2.33 bits per heavy atom. The van der Waals surface area contributed by atoms with Gasteiger partial charge in [-0.15, -0.1) is 0 Å². The number of aliphatic imine (C=N–C) groups is 2. The average molecular weight is 536 g/mol. The zero-order chi connectivity index (χ0) is 27.7. The first-order valence-corrected chi connectivity index (χ1v) is 14.4. The lowest BCUT2D eigenvalue weighted by atomic mass is 9.67. The predicted molar refractivity (Wildman–Crippen MR) is 156 cm³/mol. The SMILES string of the molecule is C=NC(=N/C=C(\C)N1CC2(CCC(c3ccccc3)(N(C)C)CC2)N(CC2(O)CCC2)C1=O)N1CCNCC1. The van der Waals surface area contributed by atoms with Crippen LogP contribution in [0.2, 0.25) is 0 Å². The Morgan fingerprint density at radius 2 is 1.77 bits per heavy atom. The van der Waals surface area contributed by atoms with Crippen LogP contribution in [-0.2, 0) is 5.54 Å². The van der Waals surface area contributed by atoms with E-state index in [1.807, 2.05) is 16.7 Å². The number of benzene rings is 1. The molecule has 0 radical (unpaired) electrons. The first kappa shape index (κ1) is 27.8. The van der Waals surface area contributed by atoms with Crippen LogP contribution in [0.3, 0.4) is 0 Å². The zero-order valence-electron chi connectivity index (χ0n) is 23.9. The molecule has 2 saturated carbocycles. The number of piperazine rings is 1. The van der Waals surface area contributed by atoms with E-state index in [-0.39, 0.29) is 17.1 Å². The van der Waals surface area contributed by atoms with Crippen LogP contribution in [0.25, 0.3) is 0 Å². The van der Waals surface area contributed by atoms with Crippen LogP contribution in [0.15, 0.2) is 52.2 Å². The maximum atomic E-state index is 14.0. The highest BCUT2D eigenvalue weighted by molar-refractivity contribution is 5.85. The van der Waals surface area contributed by atoms with Crippen molar-refractivity contribution >= 4 is 18.7 Å². The second-order valence-corrected chi connectivity index (χ2v) is 12.1. The number of hydrogen-bond donors (Lipinski definition) is 2. The van der Waals surface area contributed by atoms with Crippen molar-refractivity contribution in [3.8, 4) is 0 Å². The van der Waals surface area contributed by atoms with Gasteiger partial charge in [0.1, 0.15) is 0 Å². The van der Waals surface area contributed by atoms with Gasteiger partial charge in [-0.1, -0.05) is 30.3 Å². The van der Waals surface area contributed by atoms with E-state index in [4.69, 9.17) is 0 Å². The van der Waals surface area contributed by atoms with Crippen molar-refractivity contribution in [3.05, 3.63) is 47.8 Å². The van der Waals surface area contributed by atoms with Gasteiger partial charge >= 0.3 is 6.03 Å². The van der Waals surface area contributed by atoms with Gasteiger partial charge in [-0.2, -0.15) is 0 Å². The van der Waals surface area contributed by atoms with Gasteiger partial charge in [0, 0.05) is 37.4 Å². The number of carbonyl (C=O) groups excluding carboxylic acids is 1. The summed E-state index contributed by atoms with van der Waals surface area (Å²) in [5.41, 5.74) is 0.981. The number of urea groups is 1. The first-order valence-electron chi connectivity index (χ1n) is 14.4. The highest BCUT2D eigenvalue weighted by Gasteiger charge is 2.56. The molecular formula is C30H45N7O2. The summed E-state index contributed by atoms with van der Waals surface area (Å²) >= 11 is 0. The molecule has 1 aromatic rings. The van der Waals surface area contributed by atoms with E-state index >= 15 is 0 Å². The Balaban J connectivity index is 1.41. The van der Waals surface area contributed by atoms with E-state index in [1.54, 1.807) is 6.20 Å². The number of amides is 2. The van der Waals surface area contributed by atoms with Crippen molar-refractivity contribution in [2.75, 3.05) is 53.4 Å². The number of nitrogens with one attached hydrogen (secondary N) is 1. The van der Waals surface area contributed by atoms with E-state index in [0.29, 0.717) is 19.0 Å². The predicted octanol–water partition coefficient (Wildman–Crippen LogP) is 3.23. The van der Waals surface area contributed by atoms with Crippen LogP contribution < -0.4 is 5.32 Å². The summed E-state index contributed by atoms with van der Waals surface area (Å²) in [6.07, 6.45) is 7.97. The van der Waals surface area contributed by atoms with Crippen LogP contribution >= 0.6 is 0 Å². The molecule has 0 atom stereocenters. The maximum Gasteiger partial charge on any atom is 0.324 e. The Bertz CT molecular complexity index is 1100. The summed E-state index contributed by atoms with van der Waals surface area (Å²) in [4.78, 5) is 31.2. The number of aliphatic hydroxyl groups is 1. The van der Waals surface area contributed by atoms with E-state index in [0.717, 1.165) is 76.8 Å². The van der Waals surface area contributed by atoms with E-state index in [2.05, 4.69) is 76.2 Å². The molecule has 0 bridgehead atoms. The number of allylic oxidation sites excluding steroid dienone is 1. The molecule has 5 rings (SSSR count). The Hall–Kier alpha value is -2.75. The fraction of sp³-hybridized carbons (Fsp3) is 0.633. The molecule has 2 aliphatic heterocycles. The van der Waals surface area contributed by atoms with Gasteiger partial charge in [-0.3, -0.25) is 9.80 Å². The van der Waals surface area contributed by atoms with Crippen molar-refractivity contribution in [1.29, 1.82) is 0 Å². The second-order valence-electron chi connectivity index (χ2n) is 12.1. The molecule has 212 valence electrons. The molecule has 1 aromatic carbocycles. The Morgan fingerprint density at radius 1 is 1.10 bits per heavy atom. The second kappa shape index (κ2) is 11.0. The lowest BCUT2D eigenvalue weighted by Gasteiger charge is -2.52. The van der Waals surface area contributed by atoms with Gasteiger partial charge in [0.25, 0.3) is 0 Å². The van der Waals surface area contributed by atoms with Gasteiger partial charge in [0.2, 0.25) is 5.96 Å². The maximum absolute atomic E-state index is 14.0. The van der Waals surface area contributed by atoms with Gasteiger partial charge in [-0.25, -0.2) is 14.8 Å². The van der Waals surface area contributed by atoms with Crippen molar-refractivity contribution in [2.24, 2.45) is 9.98 Å². The molecule has 0 unspecified atom stereocenters. The van der Waals surface area contributed by atoms with Crippen molar-refractivity contribution < 1.29 is 9.90 Å². The molecule has 9 heteroatoms. The summed E-state index contributed by atoms with van der Waals surface area (Å²) in [7, 11) is 4.33. The fourth-order valence-corrected chi connectivity index (χ4v) is 6.95. The van der Waals surface area contributed by atoms with E-state index in [1.165, 1.54) is 5.56 Å². The van der Waals surface area contributed by atoms with Crippen molar-refractivity contribution in [3.63, 3.8) is 0 Å². The quantitative estimate of drug-likeness (QED) is 0.432. The molecule has 9 nitrogen and oxygen atoms in total. The standard InChI is InChI=1S/C30H45N7O2/c1-24(21-33-26(31-2)35-19-17-32-18-20-35)36-22-28(37(27(36)38)23-29(39)11-8-12-29)13-15-30(16-14-28,34(3)4)25-9-6-5-7-10-25/h5-7,9-10,21,32,39H,2,8,11-20,22-23H2,1,3-4H3/b24-21+,33-26?. The number of guanidine groups is 1. The molecule has 1 spiro atoms. The molecular weight excluding hydrogens is 490 g/mol. The zero-order valence-corrected chi connectivity index (χ0v) is 23.9. The minimum Gasteiger partial charge on any atom is -0.388 e. The van der Waals surface area contributed by atoms with Gasteiger partial charge in [-0.05, 0) is 78.2 Å². The Kier molecular flexibility index (Phi) is 7.86. The van der Waals surface area contributed by atoms with Gasteiger partial charge in [0.05, 0.1) is 30.4 Å². The van der Waals surface area contributed by atoms with Crippen LogP contribution in [0, 0.1) is 0 Å². The van der Waals surface area contributed by atoms with Gasteiger partial charge < -0.3 is 20.2 Å². The molecule has 2 saturated heterocycles. The molecule has 2 N–H and O–H groups in total. The Labute approximate surface area is 233 Å². The summed E-state index contributed by atoms with van der Waals surface area (Å²) in [6.45, 7) is 10.1. The first-order chi connectivity index (χ1) is 18.7. The number of carbonyl (C=O) groups is 1. The van der Waals surface area contributed by atoms with Gasteiger partial charge in [0.15, 0.2) is 0 Å². The lowest BCUT2D eigenvalue weighted by Crippen LogP contribution is -2.59. The fourth-order valence-electron chi connectivity index (χ4n) is 6.95. The molecule has 2 amide bonds. The highest BCUT2D eigenvalue weighted by atomic mass is 16.3. The summed E-state index contributed by atoms with van der Waals surface area (Å²) < 4.78 is 0. The number of β-amino-alcohol motifs (C(OH)–C–C–N with tert-alkyl or cyclic N) is 1. The third-order valence-corrected chi connectivity index (χ3v) is 9.73. The van der Waals surface area contributed by atoms with Crippen molar-refractivity contribution in [2.45, 2.75) is 68.5 Å². The summed E-state index contributed by atoms with van der Waals surface area (Å²) in [5, 5.41) is 14.5. The smallest absolute Gasteiger partial charge is 0.324 e.